The molecule has 3 rings (SSSR count). The van der Waals surface area contributed by atoms with Crippen molar-refractivity contribution in [1.82, 2.24) is 10.2 Å². The first-order valence-corrected chi connectivity index (χ1v) is 8.70. The minimum absolute atomic E-state index is 0.0199. The van der Waals surface area contributed by atoms with Crippen LogP contribution in [-0.4, -0.2) is 37.1 Å². The molecule has 1 saturated carbocycles. The van der Waals surface area contributed by atoms with Crippen LogP contribution in [0.3, 0.4) is 0 Å². The molecule has 0 unspecified atom stereocenters. The van der Waals surface area contributed by atoms with Crippen molar-refractivity contribution in [2.45, 2.75) is 38.1 Å². The summed E-state index contributed by atoms with van der Waals surface area (Å²) >= 11 is 6.17. The molecule has 1 N–H and O–H groups in total. The fourth-order valence-corrected chi connectivity index (χ4v) is 3.62. The molecule has 1 aliphatic carbocycles. The Morgan fingerprint density at radius 1 is 1.12 bits per heavy atom. The van der Waals surface area contributed by atoms with Gasteiger partial charge < -0.3 is 14.8 Å². The highest BCUT2D eigenvalue weighted by Gasteiger charge is 2.39. The van der Waals surface area contributed by atoms with E-state index in [2.05, 4.69) is 5.32 Å². The van der Waals surface area contributed by atoms with Gasteiger partial charge in [0.15, 0.2) is 0 Å². The molecule has 7 heteroatoms. The first-order chi connectivity index (χ1) is 12.0. The van der Waals surface area contributed by atoms with Gasteiger partial charge in [0.25, 0.3) is 5.91 Å². The van der Waals surface area contributed by atoms with Gasteiger partial charge in [0.1, 0.15) is 17.2 Å². The molecule has 0 radical (unpaired) electrons. The summed E-state index contributed by atoms with van der Waals surface area (Å²) in [4.78, 5) is 26.3. The van der Waals surface area contributed by atoms with Crippen molar-refractivity contribution < 1.29 is 19.1 Å². The number of nitrogens with one attached hydrogen (secondary N) is 1. The summed E-state index contributed by atoms with van der Waals surface area (Å²) in [5.41, 5.74) is 0.831. The number of amides is 3. The standard InChI is InChI=1S/C18H21ClN2O4/c1-24-15-10-16(25-2)13(19)8-11(15)9-14-17(22)21(18(23)20-14)12-6-4-3-5-7-12/h8-10,12H,3-7H2,1-2H3,(H,20,23)/b14-9-. The number of carbonyl (C=O) groups excluding carboxylic acids is 2. The van der Waals surface area contributed by atoms with Gasteiger partial charge in [0.05, 0.1) is 19.2 Å². The van der Waals surface area contributed by atoms with Crippen LogP contribution in [0.25, 0.3) is 6.08 Å². The topological polar surface area (TPSA) is 67.9 Å². The van der Waals surface area contributed by atoms with E-state index >= 15 is 0 Å². The van der Waals surface area contributed by atoms with Crippen LogP contribution in [0.5, 0.6) is 11.5 Å². The molecular formula is C18H21ClN2O4. The highest BCUT2D eigenvalue weighted by Crippen LogP contribution is 2.34. The van der Waals surface area contributed by atoms with Crippen molar-refractivity contribution in [2.75, 3.05) is 14.2 Å². The van der Waals surface area contributed by atoms with Crippen molar-refractivity contribution in [1.29, 1.82) is 0 Å². The lowest BCUT2D eigenvalue weighted by atomic mass is 9.94. The molecule has 0 aromatic heterocycles. The van der Waals surface area contributed by atoms with Crippen molar-refractivity contribution in [2.24, 2.45) is 0 Å². The lowest BCUT2D eigenvalue weighted by molar-refractivity contribution is -0.124. The van der Waals surface area contributed by atoms with Crippen LogP contribution in [0.1, 0.15) is 37.7 Å². The van der Waals surface area contributed by atoms with Gasteiger partial charge in [-0.05, 0) is 25.0 Å². The fourth-order valence-electron chi connectivity index (χ4n) is 3.37. The molecule has 0 bridgehead atoms. The summed E-state index contributed by atoms with van der Waals surface area (Å²) in [5, 5.41) is 3.07. The lowest BCUT2D eigenvalue weighted by Gasteiger charge is -2.28. The van der Waals surface area contributed by atoms with E-state index in [1.54, 1.807) is 18.2 Å². The molecule has 25 heavy (non-hydrogen) atoms. The maximum Gasteiger partial charge on any atom is 0.329 e. The number of ether oxygens (including phenoxy) is 2. The first kappa shape index (κ1) is 17.6. The van der Waals surface area contributed by atoms with Crippen molar-refractivity contribution in [3.63, 3.8) is 0 Å². The van der Waals surface area contributed by atoms with Gasteiger partial charge in [-0.3, -0.25) is 9.69 Å². The van der Waals surface area contributed by atoms with E-state index in [-0.39, 0.29) is 23.7 Å². The zero-order chi connectivity index (χ0) is 18.0. The fraction of sp³-hybridized carbons (Fsp3) is 0.444. The van der Waals surface area contributed by atoms with Crippen LogP contribution < -0.4 is 14.8 Å². The molecule has 6 nitrogen and oxygen atoms in total. The number of rotatable bonds is 4. The zero-order valence-corrected chi connectivity index (χ0v) is 15.1. The number of halogens is 1. The Labute approximate surface area is 151 Å². The van der Waals surface area contributed by atoms with E-state index in [0.717, 1.165) is 32.1 Å². The van der Waals surface area contributed by atoms with Crippen LogP contribution >= 0.6 is 11.6 Å². The SMILES string of the molecule is COc1cc(OC)c(/C=C2\NC(=O)N(C3CCCCC3)C2=O)cc1Cl. The third-order valence-electron chi connectivity index (χ3n) is 4.65. The van der Waals surface area contributed by atoms with Gasteiger partial charge in [0, 0.05) is 17.7 Å². The Kier molecular flexibility index (Phi) is 5.18. The van der Waals surface area contributed by atoms with E-state index in [1.807, 2.05) is 0 Å². The molecule has 134 valence electrons. The van der Waals surface area contributed by atoms with E-state index in [9.17, 15) is 9.59 Å². The van der Waals surface area contributed by atoms with Crippen LogP contribution in [0.2, 0.25) is 5.02 Å². The predicted octanol–water partition coefficient (Wildman–Crippen LogP) is 3.58. The van der Waals surface area contributed by atoms with Gasteiger partial charge >= 0.3 is 6.03 Å². The van der Waals surface area contributed by atoms with Crippen molar-refractivity contribution in [3.8, 4) is 11.5 Å². The molecule has 2 aliphatic rings. The van der Waals surface area contributed by atoms with Crippen LogP contribution in [0, 0.1) is 0 Å². The molecule has 1 aliphatic heterocycles. The summed E-state index contributed by atoms with van der Waals surface area (Å²) in [5.74, 6) is 0.684. The molecule has 1 heterocycles. The lowest BCUT2D eigenvalue weighted by Crippen LogP contribution is -2.41. The number of hydrogen-bond acceptors (Lipinski definition) is 4. The molecule has 1 aromatic rings. The molecule has 1 saturated heterocycles. The summed E-state index contributed by atoms with van der Waals surface area (Å²) in [6.07, 6.45) is 6.57. The van der Waals surface area contributed by atoms with Crippen LogP contribution in [-0.2, 0) is 4.79 Å². The van der Waals surface area contributed by atoms with E-state index in [1.165, 1.54) is 19.1 Å². The quantitative estimate of drug-likeness (QED) is 0.655. The molecule has 3 amide bonds. The van der Waals surface area contributed by atoms with Gasteiger partial charge in [-0.2, -0.15) is 0 Å². The number of urea groups is 1. The van der Waals surface area contributed by atoms with Gasteiger partial charge in [-0.25, -0.2) is 4.79 Å². The minimum atomic E-state index is -0.360. The number of hydrogen-bond donors (Lipinski definition) is 1. The normalized spacial score (nSPS) is 20.1. The summed E-state index contributed by atoms with van der Waals surface area (Å²) in [6, 6.07) is 2.92. The highest BCUT2D eigenvalue weighted by molar-refractivity contribution is 6.32. The maximum absolute atomic E-state index is 12.7. The van der Waals surface area contributed by atoms with Crippen LogP contribution in [0.4, 0.5) is 4.79 Å². The highest BCUT2D eigenvalue weighted by atomic mass is 35.5. The zero-order valence-electron chi connectivity index (χ0n) is 14.3. The average molecular weight is 365 g/mol. The van der Waals surface area contributed by atoms with Gasteiger partial charge in [0.2, 0.25) is 0 Å². The molecule has 0 spiro atoms. The number of carbonyl (C=O) groups is 2. The molecule has 1 aromatic carbocycles. The number of methoxy groups -OCH3 is 2. The largest absolute Gasteiger partial charge is 0.496 e. The Hall–Kier alpha value is -2.21. The smallest absolute Gasteiger partial charge is 0.329 e. The maximum atomic E-state index is 12.7. The second kappa shape index (κ2) is 7.35. The van der Waals surface area contributed by atoms with Crippen molar-refractivity contribution >= 4 is 29.6 Å². The second-order valence-electron chi connectivity index (χ2n) is 6.18. The Balaban J connectivity index is 1.90. The predicted molar refractivity (Wildman–Crippen MR) is 94.8 cm³/mol. The Morgan fingerprint density at radius 2 is 1.80 bits per heavy atom. The first-order valence-electron chi connectivity index (χ1n) is 8.33. The van der Waals surface area contributed by atoms with E-state index in [0.29, 0.717) is 22.1 Å². The third-order valence-corrected chi connectivity index (χ3v) is 4.95. The number of benzene rings is 1. The van der Waals surface area contributed by atoms with E-state index in [4.69, 9.17) is 21.1 Å². The Morgan fingerprint density at radius 3 is 2.44 bits per heavy atom. The third kappa shape index (κ3) is 3.44. The summed E-state index contributed by atoms with van der Waals surface area (Å²) < 4.78 is 10.5. The second-order valence-corrected chi connectivity index (χ2v) is 6.59. The van der Waals surface area contributed by atoms with Crippen LogP contribution in [0.15, 0.2) is 17.8 Å². The summed E-state index contributed by atoms with van der Waals surface area (Å²) in [6.45, 7) is 0. The van der Waals surface area contributed by atoms with Gasteiger partial charge in [-0.1, -0.05) is 30.9 Å². The van der Waals surface area contributed by atoms with E-state index < -0.39 is 0 Å². The molecule has 2 fully saturated rings. The number of imide groups is 1. The molecule has 0 atom stereocenters. The Bertz CT molecular complexity index is 726. The number of nitrogens with zero attached hydrogens (tertiary/aromatic N) is 1. The monoisotopic (exact) mass is 364 g/mol. The average Bonchev–Trinajstić information content (AvgIpc) is 2.89. The molecular weight excluding hydrogens is 344 g/mol. The summed E-state index contributed by atoms with van der Waals surface area (Å²) in [7, 11) is 3.04. The van der Waals surface area contributed by atoms with Crippen molar-refractivity contribution in [3.05, 3.63) is 28.4 Å². The van der Waals surface area contributed by atoms with Gasteiger partial charge in [-0.15, -0.1) is 0 Å². The minimum Gasteiger partial charge on any atom is -0.496 e.